The summed E-state index contributed by atoms with van der Waals surface area (Å²) in [6.07, 6.45) is 0. The molecule has 1 aliphatic heterocycles. The van der Waals surface area contributed by atoms with Crippen LogP contribution in [0.25, 0.3) is 0 Å². The van der Waals surface area contributed by atoms with Crippen molar-refractivity contribution in [2.24, 2.45) is 0 Å². The van der Waals surface area contributed by atoms with E-state index in [-0.39, 0.29) is 23.5 Å². The lowest BCUT2D eigenvalue weighted by atomic mass is 10.1. The monoisotopic (exact) mass is 436 g/mol. The summed E-state index contributed by atoms with van der Waals surface area (Å²) in [6, 6.07) is 7.54. The van der Waals surface area contributed by atoms with Gasteiger partial charge in [-0.25, -0.2) is 18.0 Å². The zero-order valence-electron chi connectivity index (χ0n) is 15.8. The van der Waals surface area contributed by atoms with E-state index >= 15 is 0 Å². The lowest BCUT2D eigenvalue weighted by Crippen LogP contribution is -2.42. The predicted molar refractivity (Wildman–Crippen MR) is 99.5 cm³/mol. The first kappa shape index (κ1) is 21.1. The Kier molecular flexibility index (Phi) is 5.89. The third-order valence-corrected chi connectivity index (χ3v) is 5.32. The van der Waals surface area contributed by atoms with Gasteiger partial charge in [-0.1, -0.05) is 0 Å². The fourth-order valence-electron chi connectivity index (χ4n) is 2.55. The van der Waals surface area contributed by atoms with Crippen molar-refractivity contribution in [2.45, 2.75) is 4.90 Å². The smallest absolute Gasteiger partial charge is 0.339 e. The maximum absolute atomic E-state index is 12.7. The van der Waals surface area contributed by atoms with Crippen LogP contribution in [0, 0.1) is 0 Å². The first-order chi connectivity index (χ1) is 14.3. The first-order valence-electron chi connectivity index (χ1n) is 8.29. The number of hydrazine groups is 1. The number of methoxy groups -OCH3 is 2. The van der Waals surface area contributed by atoms with Crippen LogP contribution in [0.3, 0.4) is 0 Å². The molecular formula is C18H16N2O9S. The van der Waals surface area contributed by atoms with Gasteiger partial charge in [-0.05, 0) is 36.4 Å². The van der Waals surface area contributed by atoms with Gasteiger partial charge in [0.1, 0.15) is 0 Å². The molecule has 12 heteroatoms. The molecule has 0 saturated carbocycles. The van der Waals surface area contributed by atoms with Crippen LogP contribution in [0.5, 0.6) is 11.5 Å². The number of ether oxygens (including phenoxy) is 4. The second kappa shape index (κ2) is 8.39. The van der Waals surface area contributed by atoms with Crippen molar-refractivity contribution >= 4 is 27.9 Å². The molecule has 1 amide bonds. The Morgan fingerprint density at radius 2 is 1.57 bits per heavy atom. The highest BCUT2D eigenvalue weighted by Crippen LogP contribution is 2.32. The highest BCUT2D eigenvalue weighted by Gasteiger charge is 2.26. The fraction of sp³-hybridized carbons (Fsp3) is 0.167. The highest BCUT2D eigenvalue weighted by molar-refractivity contribution is 7.89. The number of carbonyl (C=O) groups is 3. The summed E-state index contributed by atoms with van der Waals surface area (Å²) in [5.74, 6) is -1.76. The van der Waals surface area contributed by atoms with Gasteiger partial charge in [0.2, 0.25) is 6.79 Å². The molecule has 2 aromatic carbocycles. The number of esters is 2. The molecule has 0 spiro atoms. The Hall–Kier alpha value is -3.64. The Morgan fingerprint density at radius 1 is 0.900 bits per heavy atom. The molecule has 1 aliphatic rings. The topological polar surface area (TPSA) is 146 Å². The van der Waals surface area contributed by atoms with Crippen LogP contribution in [0.2, 0.25) is 0 Å². The van der Waals surface area contributed by atoms with E-state index in [0.29, 0.717) is 11.5 Å². The maximum atomic E-state index is 12.7. The molecule has 0 bridgehead atoms. The number of nitrogens with one attached hydrogen (secondary N) is 2. The number of hydrogen-bond acceptors (Lipinski definition) is 9. The highest BCUT2D eigenvalue weighted by atomic mass is 32.2. The van der Waals surface area contributed by atoms with E-state index in [1.54, 1.807) is 0 Å². The molecule has 0 saturated heterocycles. The summed E-state index contributed by atoms with van der Waals surface area (Å²) >= 11 is 0. The summed E-state index contributed by atoms with van der Waals surface area (Å²) < 4.78 is 44.9. The molecule has 11 nitrogen and oxygen atoms in total. The molecule has 2 N–H and O–H groups in total. The Balaban J connectivity index is 1.86. The predicted octanol–water partition coefficient (Wildman–Crippen LogP) is 0.612. The molecule has 2 aromatic rings. The SMILES string of the molecule is COC(=O)c1ccc(C(=O)OC)c(S(=O)(=O)NNC(=O)c2ccc3c(c2)OCO3)c1. The number of benzene rings is 2. The van der Waals surface area contributed by atoms with E-state index in [4.69, 9.17) is 9.47 Å². The number of rotatable bonds is 6. The quantitative estimate of drug-likeness (QED) is 0.491. The number of amides is 1. The van der Waals surface area contributed by atoms with Gasteiger partial charge >= 0.3 is 11.9 Å². The van der Waals surface area contributed by atoms with Crippen LogP contribution in [0.1, 0.15) is 31.1 Å². The van der Waals surface area contributed by atoms with Gasteiger partial charge in [0.05, 0.1) is 30.2 Å². The van der Waals surface area contributed by atoms with Gasteiger partial charge in [-0.2, -0.15) is 0 Å². The van der Waals surface area contributed by atoms with Crippen molar-refractivity contribution in [3.63, 3.8) is 0 Å². The van der Waals surface area contributed by atoms with Crippen molar-refractivity contribution in [1.82, 2.24) is 10.3 Å². The molecule has 3 rings (SSSR count). The fourth-order valence-corrected chi connectivity index (χ4v) is 3.61. The van der Waals surface area contributed by atoms with E-state index in [1.165, 1.54) is 24.3 Å². The molecule has 30 heavy (non-hydrogen) atoms. The molecule has 0 aromatic heterocycles. The third kappa shape index (κ3) is 4.18. The minimum absolute atomic E-state index is 0.0138. The van der Waals surface area contributed by atoms with E-state index in [9.17, 15) is 22.8 Å². The molecular weight excluding hydrogens is 420 g/mol. The van der Waals surface area contributed by atoms with Gasteiger partial charge in [-0.3, -0.25) is 10.2 Å². The van der Waals surface area contributed by atoms with E-state index in [2.05, 4.69) is 9.47 Å². The van der Waals surface area contributed by atoms with Crippen LogP contribution in [0.4, 0.5) is 0 Å². The van der Waals surface area contributed by atoms with Gasteiger partial charge in [-0.15, -0.1) is 4.83 Å². The summed E-state index contributed by atoms with van der Waals surface area (Å²) in [7, 11) is -2.28. The van der Waals surface area contributed by atoms with Crippen LogP contribution < -0.4 is 19.7 Å². The molecule has 0 radical (unpaired) electrons. The van der Waals surface area contributed by atoms with Crippen molar-refractivity contribution in [3.8, 4) is 11.5 Å². The number of carbonyl (C=O) groups excluding carboxylic acids is 3. The number of hydrogen-bond donors (Lipinski definition) is 2. The van der Waals surface area contributed by atoms with Crippen LogP contribution in [0.15, 0.2) is 41.3 Å². The van der Waals surface area contributed by atoms with Crippen molar-refractivity contribution < 1.29 is 41.7 Å². The Bertz CT molecular complexity index is 1130. The molecule has 0 unspecified atom stereocenters. The average molecular weight is 436 g/mol. The lowest BCUT2D eigenvalue weighted by Gasteiger charge is -2.12. The zero-order valence-corrected chi connectivity index (χ0v) is 16.6. The summed E-state index contributed by atoms with van der Waals surface area (Å²) in [5, 5.41) is 0. The standard InChI is InChI=1S/C18H16N2O9S/c1-26-17(22)11-3-5-12(18(23)27-2)15(8-11)30(24,25)20-19-16(21)10-4-6-13-14(7-10)29-9-28-13/h3-8,20H,9H2,1-2H3,(H,19,21). The summed E-state index contributed by atoms with van der Waals surface area (Å²) in [5.41, 5.74) is 1.67. The number of sulfonamides is 1. The van der Waals surface area contributed by atoms with Gasteiger partial charge in [0, 0.05) is 5.56 Å². The molecule has 158 valence electrons. The van der Waals surface area contributed by atoms with Crippen LogP contribution in [-0.4, -0.2) is 47.3 Å². The van der Waals surface area contributed by atoms with Gasteiger partial charge < -0.3 is 18.9 Å². The van der Waals surface area contributed by atoms with E-state index in [0.717, 1.165) is 26.4 Å². The minimum atomic E-state index is -4.47. The molecule has 0 aliphatic carbocycles. The molecule has 0 fully saturated rings. The van der Waals surface area contributed by atoms with Gasteiger partial charge in [0.25, 0.3) is 15.9 Å². The average Bonchev–Trinajstić information content (AvgIpc) is 3.23. The zero-order chi connectivity index (χ0) is 21.9. The maximum Gasteiger partial charge on any atom is 0.339 e. The van der Waals surface area contributed by atoms with Crippen LogP contribution >= 0.6 is 0 Å². The van der Waals surface area contributed by atoms with Gasteiger partial charge in [0.15, 0.2) is 11.5 Å². The van der Waals surface area contributed by atoms with E-state index < -0.39 is 32.8 Å². The molecule has 1 heterocycles. The number of fused-ring (bicyclic) bond motifs is 1. The lowest BCUT2D eigenvalue weighted by molar-refractivity contribution is 0.0583. The Morgan fingerprint density at radius 3 is 2.27 bits per heavy atom. The third-order valence-electron chi connectivity index (χ3n) is 4.03. The summed E-state index contributed by atoms with van der Waals surface area (Å²) in [4.78, 5) is 37.3. The summed E-state index contributed by atoms with van der Waals surface area (Å²) in [6.45, 7) is 0.0138. The van der Waals surface area contributed by atoms with E-state index in [1.807, 2.05) is 10.3 Å². The normalized spacial score (nSPS) is 12.2. The first-order valence-corrected chi connectivity index (χ1v) is 9.77. The Labute approximate surface area is 170 Å². The largest absolute Gasteiger partial charge is 0.465 e. The van der Waals surface area contributed by atoms with Crippen molar-refractivity contribution in [2.75, 3.05) is 21.0 Å². The van der Waals surface area contributed by atoms with Crippen molar-refractivity contribution in [1.29, 1.82) is 0 Å². The molecule has 0 atom stereocenters. The van der Waals surface area contributed by atoms with Crippen LogP contribution in [-0.2, 0) is 19.5 Å². The second-order valence-electron chi connectivity index (χ2n) is 5.82. The minimum Gasteiger partial charge on any atom is -0.465 e. The second-order valence-corrected chi connectivity index (χ2v) is 7.47. The van der Waals surface area contributed by atoms with Crippen molar-refractivity contribution in [3.05, 3.63) is 53.1 Å².